The van der Waals surface area contributed by atoms with Gasteiger partial charge in [-0.15, -0.1) is 0 Å². The standard InChI is InChI=1S/C12H18N2O5S/c1-8-10(20(13,16)17)6-9(19-8)11(15)14-7-12(2)4-3-5-18-12/h6H,3-5,7H2,1-2H3,(H,14,15)(H2,13,16,17). The van der Waals surface area contributed by atoms with Gasteiger partial charge in [0.25, 0.3) is 5.91 Å². The molecule has 112 valence electrons. The first-order valence-electron chi connectivity index (χ1n) is 6.27. The van der Waals surface area contributed by atoms with Crippen LogP contribution in [0.2, 0.25) is 0 Å². The van der Waals surface area contributed by atoms with Crippen molar-refractivity contribution in [2.45, 2.75) is 37.2 Å². The largest absolute Gasteiger partial charge is 0.455 e. The SMILES string of the molecule is Cc1oc(C(=O)NCC2(C)CCCO2)cc1S(N)(=O)=O. The van der Waals surface area contributed by atoms with Crippen molar-refractivity contribution in [2.75, 3.05) is 13.2 Å². The third-order valence-corrected chi connectivity index (χ3v) is 4.34. The van der Waals surface area contributed by atoms with E-state index in [9.17, 15) is 13.2 Å². The Balaban J connectivity index is 2.07. The topological polar surface area (TPSA) is 112 Å². The lowest BCUT2D eigenvalue weighted by Crippen LogP contribution is -2.40. The molecule has 1 fully saturated rings. The second-order valence-corrected chi connectivity index (χ2v) is 6.69. The minimum atomic E-state index is -3.89. The highest BCUT2D eigenvalue weighted by molar-refractivity contribution is 7.89. The fourth-order valence-electron chi connectivity index (χ4n) is 2.19. The predicted molar refractivity (Wildman–Crippen MR) is 70.7 cm³/mol. The number of hydrogen-bond acceptors (Lipinski definition) is 5. The summed E-state index contributed by atoms with van der Waals surface area (Å²) < 4.78 is 33.2. The average Bonchev–Trinajstić information content (AvgIpc) is 2.92. The van der Waals surface area contributed by atoms with Gasteiger partial charge in [-0.05, 0) is 26.7 Å². The van der Waals surface area contributed by atoms with Crippen LogP contribution in [-0.4, -0.2) is 33.1 Å². The van der Waals surface area contributed by atoms with Crippen molar-refractivity contribution < 1.29 is 22.4 Å². The number of carbonyl (C=O) groups excluding carboxylic acids is 1. The Labute approximate surface area is 117 Å². The van der Waals surface area contributed by atoms with Crippen molar-refractivity contribution in [1.29, 1.82) is 0 Å². The van der Waals surface area contributed by atoms with Crippen molar-refractivity contribution in [3.63, 3.8) is 0 Å². The maximum Gasteiger partial charge on any atom is 0.287 e. The molecule has 7 nitrogen and oxygen atoms in total. The van der Waals surface area contributed by atoms with Crippen LogP contribution in [0.1, 0.15) is 36.1 Å². The van der Waals surface area contributed by atoms with E-state index in [1.807, 2.05) is 6.92 Å². The van der Waals surface area contributed by atoms with Crippen LogP contribution in [0.5, 0.6) is 0 Å². The third-order valence-electron chi connectivity index (χ3n) is 3.33. The van der Waals surface area contributed by atoms with Crippen LogP contribution in [0.4, 0.5) is 0 Å². The molecule has 0 saturated carbocycles. The molecular weight excluding hydrogens is 284 g/mol. The second kappa shape index (κ2) is 5.19. The Morgan fingerprint density at radius 1 is 1.55 bits per heavy atom. The van der Waals surface area contributed by atoms with E-state index in [2.05, 4.69) is 5.32 Å². The van der Waals surface area contributed by atoms with Gasteiger partial charge in [-0.2, -0.15) is 0 Å². The van der Waals surface area contributed by atoms with E-state index in [1.54, 1.807) is 0 Å². The molecule has 1 aromatic rings. The van der Waals surface area contributed by atoms with Crippen molar-refractivity contribution in [2.24, 2.45) is 5.14 Å². The highest BCUT2D eigenvalue weighted by Gasteiger charge is 2.31. The van der Waals surface area contributed by atoms with Crippen LogP contribution in [0, 0.1) is 6.92 Å². The van der Waals surface area contributed by atoms with Gasteiger partial charge in [-0.1, -0.05) is 0 Å². The summed E-state index contributed by atoms with van der Waals surface area (Å²) in [6.07, 6.45) is 1.83. The molecule has 2 heterocycles. The molecule has 0 spiro atoms. The minimum Gasteiger partial charge on any atom is -0.455 e. The molecule has 3 N–H and O–H groups in total. The fourth-order valence-corrected chi connectivity index (χ4v) is 2.90. The summed E-state index contributed by atoms with van der Waals surface area (Å²) in [6, 6.07) is 1.14. The van der Waals surface area contributed by atoms with Gasteiger partial charge in [0, 0.05) is 19.2 Å². The first kappa shape index (κ1) is 15.0. The Morgan fingerprint density at radius 2 is 2.25 bits per heavy atom. The zero-order valence-corrected chi connectivity index (χ0v) is 12.2. The third kappa shape index (κ3) is 3.20. The summed E-state index contributed by atoms with van der Waals surface area (Å²) in [5.74, 6) is -0.464. The Kier molecular flexibility index (Phi) is 3.90. The summed E-state index contributed by atoms with van der Waals surface area (Å²) in [5, 5.41) is 7.71. The molecule has 1 aliphatic heterocycles. The summed E-state index contributed by atoms with van der Waals surface area (Å²) in [4.78, 5) is 11.8. The van der Waals surface area contributed by atoms with Gasteiger partial charge >= 0.3 is 0 Å². The van der Waals surface area contributed by atoms with Gasteiger partial charge in [0.05, 0.1) is 5.60 Å². The lowest BCUT2D eigenvalue weighted by atomic mass is 10.0. The van der Waals surface area contributed by atoms with Gasteiger partial charge in [0.1, 0.15) is 10.7 Å². The molecular formula is C12H18N2O5S. The van der Waals surface area contributed by atoms with Crippen LogP contribution in [0.3, 0.4) is 0 Å². The van der Waals surface area contributed by atoms with E-state index in [4.69, 9.17) is 14.3 Å². The minimum absolute atomic E-state index is 0.0758. The van der Waals surface area contributed by atoms with Gasteiger partial charge in [-0.3, -0.25) is 4.79 Å². The van der Waals surface area contributed by atoms with E-state index in [0.717, 1.165) is 18.9 Å². The first-order chi connectivity index (χ1) is 9.21. The molecule has 0 radical (unpaired) electrons. The number of carbonyl (C=O) groups is 1. The van der Waals surface area contributed by atoms with Gasteiger partial charge in [0.2, 0.25) is 10.0 Å². The summed E-state index contributed by atoms with van der Waals surface area (Å²) in [5.41, 5.74) is -0.375. The van der Waals surface area contributed by atoms with E-state index in [0.29, 0.717) is 13.2 Å². The van der Waals surface area contributed by atoms with Crippen molar-refractivity contribution in [1.82, 2.24) is 5.32 Å². The van der Waals surface area contributed by atoms with E-state index in [1.165, 1.54) is 6.92 Å². The molecule has 1 unspecified atom stereocenters. The quantitative estimate of drug-likeness (QED) is 0.843. The van der Waals surface area contributed by atoms with Crippen molar-refractivity contribution in [3.8, 4) is 0 Å². The van der Waals surface area contributed by atoms with Gasteiger partial charge < -0.3 is 14.5 Å². The summed E-state index contributed by atoms with van der Waals surface area (Å²) in [7, 11) is -3.89. The number of primary sulfonamides is 1. The number of ether oxygens (including phenoxy) is 1. The zero-order valence-electron chi connectivity index (χ0n) is 11.4. The van der Waals surface area contributed by atoms with Crippen LogP contribution < -0.4 is 10.5 Å². The van der Waals surface area contributed by atoms with Crippen LogP contribution in [0.25, 0.3) is 0 Å². The highest BCUT2D eigenvalue weighted by Crippen LogP contribution is 2.24. The Hall–Kier alpha value is -1.38. The average molecular weight is 302 g/mol. The van der Waals surface area contributed by atoms with Crippen LogP contribution in [0.15, 0.2) is 15.4 Å². The van der Waals surface area contributed by atoms with Crippen molar-refractivity contribution >= 4 is 15.9 Å². The Morgan fingerprint density at radius 3 is 2.75 bits per heavy atom. The maximum atomic E-state index is 11.9. The molecule has 1 saturated heterocycles. The number of nitrogens with two attached hydrogens (primary N) is 1. The van der Waals surface area contributed by atoms with E-state index < -0.39 is 15.9 Å². The molecule has 1 amide bonds. The predicted octanol–water partition coefficient (Wildman–Crippen LogP) is 0.534. The Bertz CT molecular complexity index is 614. The first-order valence-corrected chi connectivity index (χ1v) is 7.81. The fraction of sp³-hybridized carbons (Fsp3) is 0.583. The van der Waals surface area contributed by atoms with Crippen molar-refractivity contribution in [3.05, 3.63) is 17.6 Å². The second-order valence-electron chi connectivity index (χ2n) is 5.16. The number of furan rings is 1. The lowest BCUT2D eigenvalue weighted by Gasteiger charge is -2.22. The summed E-state index contributed by atoms with van der Waals surface area (Å²) in [6.45, 7) is 4.39. The normalized spacial score (nSPS) is 22.9. The summed E-state index contributed by atoms with van der Waals surface area (Å²) >= 11 is 0. The smallest absolute Gasteiger partial charge is 0.287 e. The monoisotopic (exact) mass is 302 g/mol. The number of amides is 1. The number of nitrogens with one attached hydrogen (secondary N) is 1. The molecule has 1 aromatic heterocycles. The van der Waals surface area contributed by atoms with Gasteiger partial charge in [-0.25, -0.2) is 13.6 Å². The number of sulfonamides is 1. The molecule has 0 aliphatic carbocycles. The molecule has 1 atom stereocenters. The number of aryl methyl sites for hydroxylation is 1. The number of hydrogen-bond donors (Lipinski definition) is 2. The lowest BCUT2D eigenvalue weighted by molar-refractivity contribution is 0.0203. The van der Waals surface area contributed by atoms with E-state index in [-0.39, 0.29) is 22.0 Å². The maximum absolute atomic E-state index is 11.9. The molecule has 8 heteroatoms. The molecule has 2 rings (SSSR count). The van der Waals surface area contributed by atoms with Crippen LogP contribution in [-0.2, 0) is 14.8 Å². The molecule has 0 aromatic carbocycles. The molecule has 0 bridgehead atoms. The number of rotatable bonds is 4. The highest BCUT2D eigenvalue weighted by atomic mass is 32.2. The zero-order chi connectivity index (χ0) is 15.0. The van der Waals surface area contributed by atoms with Gasteiger partial charge in [0.15, 0.2) is 5.76 Å². The molecule has 1 aliphatic rings. The van der Waals surface area contributed by atoms with Crippen LogP contribution >= 0.6 is 0 Å². The van der Waals surface area contributed by atoms with E-state index >= 15 is 0 Å². The molecule has 20 heavy (non-hydrogen) atoms.